The van der Waals surface area contributed by atoms with E-state index in [9.17, 15) is 0 Å². The first-order valence-corrected chi connectivity index (χ1v) is 11.3. The number of nitrogens with zero attached hydrogens (tertiary/aromatic N) is 5. The lowest BCUT2D eigenvalue weighted by atomic mass is 10.2. The minimum atomic E-state index is 0.608. The van der Waals surface area contributed by atoms with Crippen LogP contribution in [0.2, 0.25) is 0 Å². The number of rotatable bonds is 10. The molecular weight excluding hydrogens is 406 g/mol. The number of hydrogen-bond acceptors (Lipinski definition) is 8. The third-order valence-corrected chi connectivity index (χ3v) is 5.70. The molecule has 1 saturated heterocycles. The maximum atomic E-state index is 6.11. The number of aryl methyl sites for hydroxylation is 1. The maximum Gasteiger partial charge on any atom is 0.227 e. The summed E-state index contributed by atoms with van der Waals surface area (Å²) in [6.07, 6.45) is 4.48. The van der Waals surface area contributed by atoms with Crippen LogP contribution in [0.3, 0.4) is 0 Å². The predicted molar refractivity (Wildman–Crippen MR) is 127 cm³/mol. The van der Waals surface area contributed by atoms with Crippen LogP contribution < -0.4 is 19.7 Å². The fourth-order valence-electron chi connectivity index (χ4n) is 3.90. The van der Waals surface area contributed by atoms with E-state index in [1.807, 2.05) is 37.2 Å². The molecule has 0 amide bonds. The van der Waals surface area contributed by atoms with E-state index in [2.05, 4.69) is 27.3 Å². The SMILES string of the molecule is CCc1cc(Nc2nc(N(C)C)nc3cc(OCCCN4CCCC4)c(OC)cc23)n[nH]1. The van der Waals surface area contributed by atoms with Gasteiger partial charge in [0.2, 0.25) is 5.95 Å². The van der Waals surface area contributed by atoms with Gasteiger partial charge in [0.25, 0.3) is 0 Å². The second kappa shape index (κ2) is 10.0. The number of benzene rings is 1. The zero-order chi connectivity index (χ0) is 22.5. The zero-order valence-electron chi connectivity index (χ0n) is 19.4. The summed E-state index contributed by atoms with van der Waals surface area (Å²) in [5.74, 6) is 3.36. The van der Waals surface area contributed by atoms with Gasteiger partial charge >= 0.3 is 0 Å². The Balaban J connectivity index is 1.60. The van der Waals surface area contributed by atoms with Crippen LogP contribution >= 0.6 is 0 Å². The van der Waals surface area contributed by atoms with E-state index < -0.39 is 0 Å². The van der Waals surface area contributed by atoms with Gasteiger partial charge in [-0.15, -0.1) is 0 Å². The zero-order valence-corrected chi connectivity index (χ0v) is 19.4. The van der Waals surface area contributed by atoms with E-state index in [-0.39, 0.29) is 0 Å². The number of ether oxygens (including phenoxy) is 2. The molecule has 3 heterocycles. The maximum absolute atomic E-state index is 6.11. The molecule has 1 aromatic carbocycles. The highest BCUT2D eigenvalue weighted by molar-refractivity contribution is 5.94. The van der Waals surface area contributed by atoms with Crippen molar-refractivity contribution in [2.45, 2.75) is 32.6 Å². The van der Waals surface area contributed by atoms with E-state index in [1.54, 1.807) is 7.11 Å². The van der Waals surface area contributed by atoms with Gasteiger partial charge in [0.05, 0.1) is 19.2 Å². The highest BCUT2D eigenvalue weighted by Crippen LogP contribution is 2.36. The fraction of sp³-hybridized carbons (Fsp3) is 0.522. The van der Waals surface area contributed by atoms with Crippen molar-refractivity contribution >= 4 is 28.5 Å². The molecule has 2 aromatic heterocycles. The highest BCUT2D eigenvalue weighted by Gasteiger charge is 2.16. The Labute approximate surface area is 189 Å². The number of H-pyrrole nitrogens is 1. The van der Waals surface area contributed by atoms with Crippen LogP contribution in [-0.4, -0.2) is 72.5 Å². The number of aromatic amines is 1. The van der Waals surface area contributed by atoms with Gasteiger partial charge in [-0.3, -0.25) is 5.10 Å². The van der Waals surface area contributed by atoms with Gasteiger partial charge < -0.3 is 24.6 Å². The molecule has 0 spiro atoms. The van der Waals surface area contributed by atoms with Crippen molar-refractivity contribution in [2.24, 2.45) is 0 Å². The average molecular weight is 440 g/mol. The van der Waals surface area contributed by atoms with Crippen molar-refractivity contribution < 1.29 is 9.47 Å². The average Bonchev–Trinajstić information content (AvgIpc) is 3.48. The standard InChI is InChI=1S/C23H33N7O2/c1-5-16-13-21(28-27-16)25-22-17-14-19(31-4)20(15-18(17)24-23(26-22)29(2)3)32-12-8-11-30-9-6-7-10-30/h13-15H,5-12H2,1-4H3,(H2,24,25,26,27,28). The van der Waals surface area contributed by atoms with Gasteiger partial charge in [-0.25, -0.2) is 4.98 Å². The first-order valence-electron chi connectivity index (χ1n) is 11.3. The number of methoxy groups -OCH3 is 1. The molecular formula is C23H33N7O2. The Kier molecular flexibility index (Phi) is 6.94. The van der Waals surface area contributed by atoms with Gasteiger partial charge in [-0.1, -0.05) is 6.92 Å². The van der Waals surface area contributed by atoms with Gasteiger partial charge in [-0.05, 0) is 44.8 Å². The highest BCUT2D eigenvalue weighted by atomic mass is 16.5. The normalized spacial score (nSPS) is 14.1. The Morgan fingerprint density at radius 2 is 1.94 bits per heavy atom. The Morgan fingerprint density at radius 1 is 1.12 bits per heavy atom. The molecule has 9 heteroatoms. The minimum Gasteiger partial charge on any atom is -0.493 e. The Hall–Kier alpha value is -3.07. The molecule has 0 bridgehead atoms. The summed E-state index contributed by atoms with van der Waals surface area (Å²) in [5.41, 5.74) is 1.84. The number of nitrogens with one attached hydrogen (secondary N) is 2. The van der Waals surface area contributed by atoms with Gasteiger partial charge in [0.1, 0.15) is 5.82 Å². The first-order chi connectivity index (χ1) is 15.6. The second-order valence-corrected chi connectivity index (χ2v) is 8.29. The third-order valence-electron chi connectivity index (χ3n) is 5.70. The molecule has 0 aliphatic carbocycles. The molecule has 2 N–H and O–H groups in total. The molecule has 0 unspecified atom stereocenters. The molecule has 1 aliphatic heterocycles. The van der Waals surface area contributed by atoms with Crippen LogP contribution in [0.4, 0.5) is 17.6 Å². The van der Waals surface area contributed by atoms with Crippen LogP contribution in [0, 0.1) is 0 Å². The number of aromatic nitrogens is 4. The summed E-state index contributed by atoms with van der Waals surface area (Å²) < 4.78 is 11.7. The molecule has 32 heavy (non-hydrogen) atoms. The molecule has 3 aromatic rings. The minimum absolute atomic E-state index is 0.608. The van der Waals surface area contributed by atoms with Crippen LogP contribution in [0.25, 0.3) is 10.9 Å². The van der Waals surface area contributed by atoms with E-state index in [0.717, 1.165) is 36.0 Å². The van der Waals surface area contributed by atoms with Crippen LogP contribution in [-0.2, 0) is 6.42 Å². The molecule has 1 fully saturated rings. The van der Waals surface area contributed by atoms with E-state index in [1.165, 1.54) is 25.9 Å². The smallest absolute Gasteiger partial charge is 0.227 e. The van der Waals surface area contributed by atoms with Gasteiger partial charge in [-0.2, -0.15) is 10.1 Å². The number of fused-ring (bicyclic) bond motifs is 1. The lowest BCUT2D eigenvalue weighted by Gasteiger charge is -2.17. The molecule has 172 valence electrons. The van der Waals surface area contributed by atoms with Crippen molar-refractivity contribution in [2.75, 3.05) is 57.7 Å². The van der Waals surface area contributed by atoms with Crippen molar-refractivity contribution in [3.8, 4) is 11.5 Å². The second-order valence-electron chi connectivity index (χ2n) is 8.29. The molecule has 1 aliphatic rings. The quantitative estimate of drug-likeness (QED) is 0.463. The van der Waals surface area contributed by atoms with Gasteiger partial charge in [0, 0.05) is 43.9 Å². The van der Waals surface area contributed by atoms with E-state index in [0.29, 0.717) is 35.7 Å². The summed E-state index contributed by atoms with van der Waals surface area (Å²) in [5, 5.41) is 11.5. The topological polar surface area (TPSA) is 91.4 Å². The molecule has 0 radical (unpaired) electrons. The fourth-order valence-corrected chi connectivity index (χ4v) is 3.90. The molecule has 0 saturated carbocycles. The lowest BCUT2D eigenvalue weighted by Crippen LogP contribution is -2.21. The molecule has 0 atom stereocenters. The van der Waals surface area contributed by atoms with Crippen molar-refractivity contribution in [1.29, 1.82) is 0 Å². The first kappa shape index (κ1) is 22.1. The van der Waals surface area contributed by atoms with Crippen molar-refractivity contribution in [3.63, 3.8) is 0 Å². The van der Waals surface area contributed by atoms with Crippen LogP contribution in [0.15, 0.2) is 18.2 Å². The predicted octanol–water partition coefficient (Wildman–Crippen LogP) is 3.60. The molecule has 4 rings (SSSR count). The Morgan fingerprint density at radius 3 is 2.62 bits per heavy atom. The number of likely N-dealkylation sites (tertiary alicyclic amines) is 1. The largest absolute Gasteiger partial charge is 0.493 e. The third kappa shape index (κ3) is 5.04. The van der Waals surface area contributed by atoms with E-state index in [4.69, 9.17) is 19.4 Å². The van der Waals surface area contributed by atoms with Crippen LogP contribution in [0.1, 0.15) is 31.9 Å². The molecule has 9 nitrogen and oxygen atoms in total. The summed E-state index contributed by atoms with van der Waals surface area (Å²) >= 11 is 0. The Bertz CT molecular complexity index is 1040. The van der Waals surface area contributed by atoms with Crippen LogP contribution in [0.5, 0.6) is 11.5 Å². The summed E-state index contributed by atoms with van der Waals surface area (Å²) in [7, 11) is 5.50. The summed E-state index contributed by atoms with van der Waals surface area (Å²) in [4.78, 5) is 13.8. The van der Waals surface area contributed by atoms with E-state index >= 15 is 0 Å². The van der Waals surface area contributed by atoms with Crippen molar-refractivity contribution in [3.05, 3.63) is 23.9 Å². The van der Waals surface area contributed by atoms with Crippen molar-refractivity contribution in [1.82, 2.24) is 25.1 Å². The summed E-state index contributed by atoms with van der Waals surface area (Å²) in [6.45, 7) is 6.20. The lowest BCUT2D eigenvalue weighted by molar-refractivity contribution is 0.254. The number of hydrogen-bond donors (Lipinski definition) is 2. The number of anilines is 3. The van der Waals surface area contributed by atoms with Gasteiger partial charge in [0.15, 0.2) is 17.3 Å². The summed E-state index contributed by atoms with van der Waals surface area (Å²) in [6, 6.07) is 5.85. The monoisotopic (exact) mass is 439 g/mol.